The van der Waals surface area contributed by atoms with Crippen LogP contribution in [0, 0.1) is 0 Å². The monoisotopic (exact) mass is 227 g/mol. The first-order valence-electron chi connectivity index (χ1n) is 4.99. The van der Waals surface area contributed by atoms with E-state index in [-0.39, 0.29) is 0 Å². The van der Waals surface area contributed by atoms with Crippen molar-refractivity contribution in [1.82, 2.24) is 4.40 Å². The minimum Gasteiger partial charge on any atom is -0.322 e. The van der Waals surface area contributed by atoms with Crippen molar-refractivity contribution in [3.05, 3.63) is 53.7 Å². The summed E-state index contributed by atoms with van der Waals surface area (Å²) >= 11 is 1.65. The summed E-state index contributed by atoms with van der Waals surface area (Å²) in [6.07, 6.45) is 4.90. The zero-order chi connectivity index (χ0) is 11.0. The zero-order valence-electron chi connectivity index (χ0n) is 8.46. The fourth-order valence-corrected chi connectivity index (χ4v) is 2.65. The van der Waals surface area contributed by atoms with Crippen molar-refractivity contribution in [3.63, 3.8) is 0 Å². The van der Waals surface area contributed by atoms with Gasteiger partial charge < -0.3 is 4.40 Å². The Morgan fingerprint density at radius 1 is 1.19 bits per heavy atom. The van der Waals surface area contributed by atoms with Gasteiger partial charge in [-0.1, -0.05) is 12.1 Å². The topological polar surface area (TPSA) is 21.5 Å². The van der Waals surface area contributed by atoms with Crippen LogP contribution in [-0.2, 0) is 0 Å². The van der Waals surface area contributed by atoms with E-state index in [4.69, 9.17) is 0 Å². The highest BCUT2D eigenvalue weighted by Gasteiger charge is 2.11. The molecule has 0 unspecified atom stereocenters. The highest BCUT2D eigenvalue weighted by atomic mass is 32.1. The quantitative estimate of drug-likeness (QED) is 0.614. The van der Waals surface area contributed by atoms with Gasteiger partial charge >= 0.3 is 0 Å². The molecule has 0 bridgehead atoms. The van der Waals surface area contributed by atoms with Crippen LogP contribution in [0.2, 0.25) is 0 Å². The number of hydrogen-bond acceptors (Lipinski definition) is 2. The molecule has 0 aliphatic rings. The average molecular weight is 227 g/mol. The average Bonchev–Trinajstić information content (AvgIpc) is 2.95. The van der Waals surface area contributed by atoms with Gasteiger partial charge in [-0.2, -0.15) is 0 Å². The van der Waals surface area contributed by atoms with Crippen molar-refractivity contribution < 1.29 is 4.79 Å². The lowest BCUT2D eigenvalue weighted by molar-refractivity contribution is 0.112. The third-order valence-electron chi connectivity index (χ3n) is 2.63. The predicted molar refractivity (Wildman–Crippen MR) is 66.1 cm³/mol. The molecule has 16 heavy (non-hydrogen) atoms. The van der Waals surface area contributed by atoms with E-state index in [0.717, 1.165) is 27.8 Å². The number of aromatic nitrogens is 1. The molecule has 3 heteroatoms. The Hall–Kier alpha value is -1.87. The van der Waals surface area contributed by atoms with E-state index in [1.165, 1.54) is 0 Å². The maximum absolute atomic E-state index is 11.2. The summed E-state index contributed by atoms with van der Waals surface area (Å²) < 4.78 is 1.98. The lowest BCUT2D eigenvalue weighted by Gasteiger charge is -1.93. The van der Waals surface area contributed by atoms with Crippen molar-refractivity contribution in [3.8, 4) is 10.4 Å². The highest BCUT2D eigenvalue weighted by Crippen LogP contribution is 2.30. The molecule has 0 aliphatic heterocycles. The van der Waals surface area contributed by atoms with Gasteiger partial charge in [0.25, 0.3) is 0 Å². The third kappa shape index (κ3) is 1.29. The molecule has 0 aromatic carbocycles. The largest absolute Gasteiger partial charge is 0.322 e. The molecule has 0 saturated heterocycles. The number of hydrogen-bond donors (Lipinski definition) is 0. The number of aldehydes is 1. The first-order valence-corrected chi connectivity index (χ1v) is 5.87. The molecule has 0 atom stereocenters. The molecule has 0 amide bonds. The van der Waals surface area contributed by atoms with Crippen molar-refractivity contribution in [2.24, 2.45) is 0 Å². The fraction of sp³-hybridized carbons (Fsp3) is 0. The Kier molecular flexibility index (Phi) is 2.11. The van der Waals surface area contributed by atoms with Crippen LogP contribution in [-0.4, -0.2) is 10.7 Å². The van der Waals surface area contributed by atoms with Gasteiger partial charge in [-0.3, -0.25) is 4.79 Å². The van der Waals surface area contributed by atoms with Crippen molar-refractivity contribution in [2.75, 3.05) is 0 Å². The third-order valence-corrected chi connectivity index (χ3v) is 3.53. The van der Waals surface area contributed by atoms with Crippen LogP contribution in [0.5, 0.6) is 0 Å². The standard InChI is InChI=1S/C13H9NOS/c15-9-11-10(13-5-3-7-16-13)8-14-6-2-1-4-12(11)14/h1-9H. The number of rotatable bonds is 2. The normalized spacial score (nSPS) is 10.8. The van der Waals surface area contributed by atoms with Crippen LogP contribution < -0.4 is 0 Å². The van der Waals surface area contributed by atoms with Gasteiger partial charge in [0, 0.05) is 28.4 Å². The summed E-state index contributed by atoms with van der Waals surface area (Å²) in [6.45, 7) is 0. The second kappa shape index (κ2) is 3.61. The van der Waals surface area contributed by atoms with Gasteiger partial charge in [0.2, 0.25) is 0 Å². The summed E-state index contributed by atoms with van der Waals surface area (Å²) in [6, 6.07) is 9.89. The Labute approximate surface area is 96.8 Å². The van der Waals surface area contributed by atoms with Crippen LogP contribution >= 0.6 is 11.3 Å². The Balaban J connectivity index is 2.37. The number of carbonyl (C=O) groups is 1. The van der Waals surface area contributed by atoms with Gasteiger partial charge in [-0.05, 0) is 23.6 Å². The first-order chi connectivity index (χ1) is 7.90. The first kappa shape index (κ1) is 9.36. The zero-order valence-corrected chi connectivity index (χ0v) is 9.28. The van der Waals surface area contributed by atoms with Crippen LogP contribution in [0.25, 0.3) is 16.0 Å². The number of carbonyl (C=O) groups excluding carboxylic acids is 1. The Bertz CT molecular complexity index is 637. The minimum atomic E-state index is 0.767. The summed E-state index contributed by atoms with van der Waals surface area (Å²) in [7, 11) is 0. The van der Waals surface area contributed by atoms with E-state index in [2.05, 4.69) is 0 Å². The molecule has 3 heterocycles. The molecule has 2 nitrogen and oxygen atoms in total. The molecule has 0 radical (unpaired) electrons. The number of pyridine rings is 1. The second-order valence-corrected chi connectivity index (χ2v) is 4.49. The van der Waals surface area contributed by atoms with E-state index >= 15 is 0 Å². The molecule has 3 aromatic heterocycles. The molecular formula is C13H9NOS. The van der Waals surface area contributed by atoms with E-state index in [9.17, 15) is 4.79 Å². The van der Waals surface area contributed by atoms with Crippen LogP contribution in [0.15, 0.2) is 48.1 Å². The molecule has 0 spiro atoms. The minimum absolute atomic E-state index is 0.767. The molecule has 0 saturated carbocycles. The van der Waals surface area contributed by atoms with E-state index < -0.39 is 0 Å². The summed E-state index contributed by atoms with van der Waals surface area (Å²) in [5, 5.41) is 2.02. The second-order valence-electron chi connectivity index (χ2n) is 3.54. The van der Waals surface area contributed by atoms with Gasteiger partial charge in [-0.15, -0.1) is 11.3 Å². The van der Waals surface area contributed by atoms with Gasteiger partial charge in [0.15, 0.2) is 6.29 Å². The maximum atomic E-state index is 11.2. The summed E-state index contributed by atoms with van der Waals surface area (Å²) in [4.78, 5) is 12.3. The molecule has 0 fully saturated rings. The molecule has 0 N–H and O–H groups in total. The van der Waals surface area contributed by atoms with Gasteiger partial charge in [0.05, 0.1) is 5.52 Å². The van der Waals surface area contributed by atoms with Gasteiger partial charge in [-0.25, -0.2) is 0 Å². The number of nitrogens with zero attached hydrogens (tertiary/aromatic N) is 1. The number of thiophene rings is 1. The summed E-state index contributed by atoms with van der Waals surface area (Å²) in [5.41, 5.74) is 2.74. The molecule has 3 aromatic rings. The Morgan fingerprint density at radius 2 is 2.12 bits per heavy atom. The van der Waals surface area contributed by atoms with E-state index in [0.29, 0.717) is 0 Å². The molecule has 3 rings (SSSR count). The maximum Gasteiger partial charge on any atom is 0.152 e. The number of fused-ring (bicyclic) bond motifs is 1. The SMILES string of the molecule is O=Cc1c(-c2cccs2)cn2ccccc12. The van der Waals surface area contributed by atoms with Crippen LogP contribution in [0.1, 0.15) is 10.4 Å². The molecule has 0 aliphatic carbocycles. The lowest BCUT2D eigenvalue weighted by atomic mass is 10.1. The Morgan fingerprint density at radius 3 is 2.88 bits per heavy atom. The fourth-order valence-electron chi connectivity index (χ4n) is 1.90. The lowest BCUT2D eigenvalue weighted by Crippen LogP contribution is -1.82. The highest BCUT2D eigenvalue weighted by molar-refractivity contribution is 7.13. The van der Waals surface area contributed by atoms with Gasteiger partial charge in [0.1, 0.15) is 0 Å². The summed E-state index contributed by atoms with van der Waals surface area (Å²) in [5.74, 6) is 0. The van der Waals surface area contributed by atoms with Crippen LogP contribution in [0.3, 0.4) is 0 Å². The molecule has 78 valence electrons. The van der Waals surface area contributed by atoms with E-state index in [1.807, 2.05) is 52.5 Å². The van der Waals surface area contributed by atoms with Crippen LogP contribution in [0.4, 0.5) is 0 Å². The van der Waals surface area contributed by atoms with Crippen molar-refractivity contribution in [2.45, 2.75) is 0 Å². The smallest absolute Gasteiger partial charge is 0.152 e. The molecular weight excluding hydrogens is 218 g/mol. The predicted octanol–water partition coefficient (Wildman–Crippen LogP) is 3.48. The van der Waals surface area contributed by atoms with Crippen molar-refractivity contribution in [1.29, 1.82) is 0 Å². The van der Waals surface area contributed by atoms with E-state index in [1.54, 1.807) is 11.3 Å². The van der Waals surface area contributed by atoms with Crippen molar-refractivity contribution >= 4 is 23.1 Å².